The van der Waals surface area contributed by atoms with Crippen LogP contribution in [0, 0.1) is 0 Å². The fraction of sp³-hybridized carbons (Fsp3) is 0.667. The number of nitrogens with zero attached hydrogens (tertiary/aromatic N) is 1. The summed E-state index contributed by atoms with van der Waals surface area (Å²) < 4.78 is 0. The zero-order valence-electron chi connectivity index (χ0n) is 12.3. The molecule has 0 amide bonds. The summed E-state index contributed by atoms with van der Waals surface area (Å²) in [7, 11) is 0. The number of nitrogens with one attached hydrogen (secondary N) is 1. The average Bonchev–Trinajstić information content (AvgIpc) is 2.48. The molecule has 0 aliphatic rings. The largest absolute Gasteiger partial charge is 0.330 e. The van der Waals surface area contributed by atoms with Crippen LogP contribution in [0.4, 0.5) is 5.82 Å². The van der Waals surface area contributed by atoms with Crippen molar-refractivity contribution in [3.05, 3.63) is 24.4 Å². The summed E-state index contributed by atoms with van der Waals surface area (Å²) in [5, 5.41) is 0. The van der Waals surface area contributed by atoms with Crippen molar-refractivity contribution >= 4 is 5.82 Å². The highest BCUT2D eigenvalue weighted by Gasteiger charge is 1.89. The van der Waals surface area contributed by atoms with Crippen LogP contribution in [-0.4, -0.2) is 11.5 Å². The molecule has 1 aromatic rings. The van der Waals surface area contributed by atoms with Crippen molar-refractivity contribution in [1.82, 2.24) is 4.98 Å². The molecule has 19 heavy (non-hydrogen) atoms. The van der Waals surface area contributed by atoms with Gasteiger partial charge in [-0.1, -0.05) is 57.9 Å². The molecule has 1 rings (SSSR count). The lowest BCUT2D eigenvalue weighted by Gasteiger charge is -1.99. The van der Waals surface area contributed by atoms with Gasteiger partial charge in [0.2, 0.25) is 0 Å². The number of rotatable bonds is 9. The third kappa shape index (κ3) is 13.1. The Hall–Kier alpha value is -1.13. The van der Waals surface area contributed by atoms with Crippen LogP contribution in [0.5, 0.6) is 0 Å². The average molecular weight is 266 g/mol. The molecule has 1 heterocycles. The van der Waals surface area contributed by atoms with Gasteiger partial charge in [0.05, 0.1) is 0 Å². The maximum atomic E-state index is 5.39. The number of hydrazine groups is 1. The van der Waals surface area contributed by atoms with Crippen molar-refractivity contribution in [2.45, 2.75) is 58.3 Å². The standard InChI is InChI=1S/C10H23N.C5H7N3/c1-2-3-4-5-6-7-8-9-10-11;6-8-5-3-1-2-4-7-5/h2-11H2,1H3;1-4H,6H2,(H,7,8). The van der Waals surface area contributed by atoms with Gasteiger partial charge in [-0.25, -0.2) is 10.8 Å². The van der Waals surface area contributed by atoms with Crippen LogP contribution in [-0.2, 0) is 0 Å². The Morgan fingerprint density at radius 3 is 2.05 bits per heavy atom. The Labute approximate surface area is 118 Å². The van der Waals surface area contributed by atoms with Crippen molar-refractivity contribution in [3.63, 3.8) is 0 Å². The van der Waals surface area contributed by atoms with Gasteiger partial charge in [-0.3, -0.25) is 0 Å². The van der Waals surface area contributed by atoms with Crippen molar-refractivity contribution in [2.75, 3.05) is 12.0 Å². The number of nitrogens with two attached hydrogens (primary N) is 2. The topological polar surface area (TPSA) is 77.0 Å². The smallest absolute Gasteiger partial charge is 0.139 e. The fourth-order valence-electron chi connectivity index (χ4n) is 1.73. The summed E-state index contributed by atoms with van der Waals surface area (Å²) in [5.74, 6) is 5.72. The van der Waals surface area contributed by atoms with Gasteiger partial charge in [-0.05, 0) is 25.1 Å². The molecule has 0 fully saturated rings. The third-order valence-corrected chi connectivity index (χ3v) is 2.87. The highest BCUT2D eigenvalue weighted by Crippen LogP contribution is 2.07. The van der Waals surface area contributed by atoms with Crippen molar-refractivity contribution in [1.29, 1.82) is 0 Å². The maximum Gasteiger partial charge on any atom is 0.139 e. The minimum absolute atomic E-state index is 0.688. The minimum Gasteiger partial charge on any atom is -0.330 e. The summed E-state index contributed by atoms with van der Waals surface area (Å²) in [5.41, 5.74) is 7.81. The summed E-state index contributed by atoms with van der Waals surface area (Å²) >= 11 is 0. The lowest BCUT2D eigenvalue weighted by atomic mass is 10.1. The van der Waals surface area contributed by atoms with Crippen molar-refractivity contribution in [3.8, 4) is 0 Å². The quantitative estimate of drug-likeness (QED) is 0.363. The Morgan fingerprint density at radius 2 is 1.63 bits per heavy atom. The number of anilines is 1. The summed E-state index contributed by atoms with van der Waals surface area (Å²) in [6, 6.07) is 5.49. The molecular weight excluding hydrogens is 236 g/mol. The third-order valence-electron chi connectivity index (χ3n) is 2.87. The van der Waals surface area contributed by atoms with Gasteiger partial charge in [0.25, 0.3) is 0 Å². The first-order valence-electron chi connectivity index (χ1n) is 7.42. The lowest BCUT2D eigenvalue weighted by molar-refractivity contribution is 0.578. The van der Waals surface area contributed by atoms with E-state index in [1.54, 1.807) is 12.3 Å². The van der Waals surface area contributed by atoms with E-state index in [0.29, 0.717) is 5.82 Å². The van der Waals surface area contributed by atoms with Crippen LogP contribution >= 0.6 is 0 Å². The van der Waals surface area contributed by atoms with Gasteiger partial charge < -0.3 is 11.2 Å². The molecule has 0 atom stereocenters. The monoisotopic (exact) mass is 266 g/mol. The molecule has 1 aromatic heterocycles. The van der Waals surface area contributed by atoms with Crippen molar-refractivity contribution < 1.29 is 0 Å². The van der Waals surface area contributed by atoms with E-state index in [9.17, 15) is 0 Å². The predicted molar refractivity (Wildman–Crippen MR) is 83.7 cm³/mol. The minimum atomic E-state index is 0.688. The van der Waals surface area contributed by atoms with E-state index >= 15 is 0 Å². The Bertz CT molecular complexity index is 256. The first kappa shape index (κ1) is 17.9. The Kier molecular flexibility index (Phi) is 14.0. The van der Waals surface area contributed by atoms with Crippen LogP contribution in [0.25, 0.3) is 0 Å². The van der Waals surface area contributed by atoms with E-state index in [1.807, 2.05) is 12.1 Å². The predicted octanol–water partition coefficient (Wildman–Crippen LogP) is 3.45. The number of nitrogen functional groups attached to an aromatic ring is 1. The van der Waals surface area contributed by atoms with Crippen LogP contribution < -0.4 is 17.0 Å². The highest BCUT2D eigenvalue weighted by atomic mass is 15.2. The number of pyridine rings is 1. The molecule has 0 unspecified atom stereocenters. The van der Waals surface area contributed by atoms with Gasteiger partial charge in [0, 0.05) is 6.20 Å². The van der Waals surface area contributed by atoms with E-state index < -0.39 is 0 Å². The highest BCUT2D eigenvalue weighted by molar-refractivity contribution is 5.30. The molecule has 0 aliphatic heterocycles. The normalized spacial score (nSPS) is 9.63. The Balaban J connectivity index is 0.000000356. The van der Waals surface area contributed by atoms with Gasteiger partial charge in [0.15, 0.2) is 0 Å². The molecule has 4 heteroatoms. The zero-order valence-corrected chi connectivity index (χ0v) is 12.3. The second kappa shape index (κ2) is 14.9. The van der Waals surface area contributed by atoms with E-state index in [1.165, 1.54) is 51.4 Å². The molecule has 0 aromatic carbocycles. The Morgan fingerprint density at radius 1 is 1.00 bits per heavy atom. The number of hydrogen-bond donors (Lipinski definition) is 3. The van der Waals surface area contributed by atoms with Crippen LogP contribution in [0.15, 0.2) is 24.4 Å². The van der Waals surface area contributed by atoms with E-state index in [-0.39, 0.29) is 0 Å². The number of aromatic nitrogens is 1. The molecule has 0 saturated heterocycles. The molecule has 0 radical (unpaired) electrons. The maximum absolute atomic E-state index is 5.39. The van der Waals surface area contributed by atoms with Gasteiger partial charge >= 0.3 is 0 Å². The first-order valence-corrected chi connectivity index (χ1v) is 7.42. The molecule has 0 aliphatic carbocycles. The number of unbranched alkanes of at least 4 members (excludes halogenated alkanes) is 7. The summed E-state index contributed by atoms with van der Waals surface area (Å²) in [6.45, 7) is 3.13. The lowest BCUT2D eigenvalue weighted by Crippen LogP contribution is -2.07. The van der Waals surface area contributed by atoms with E-state index in [2.05, 4.69) is 17.3 Å². The molecule has 5 N–H and O–H groups in total. The molecule has 110 valence electrons. The molecule has 0 spiro atoms. The molecular formula is C15H30N4. The van der Waals surface area contributed by atoms with Crippen LogP contribution in [0.1, 0.15) is 58.3 Å². The number of hydrogen-bond acceptors (Lipinski definition) is 4. The zero-order chi connectivity index (χ0) is 14.2. The van der Waals surface area contributed by atoms with Gasteiger partial charge in [-0.2, -0.15) is 0 Å². The molecule has 4 nitrogen and oxygen atoms in total. The van der Waals surface area contributed by atoms with Crippen molar-refractivity contribution in [2.24, 2.45) is 11.6 Å². The van der Waals surface area contributed by atoms with Crippen LogP contribution in [0.2, 0.25) is 0 Å². The van der Waals surface area contributed by atoms with Gasteiger partial charge in [-0.15, -0.1) is 0 Å². The second-order valence-electron chi connectivity index (χ2n) is 4.62. The summed E-state index contributed by atoms with van der Waals surface area (Å²) in [4.78, 5) is 3.86. The first-order chi connectivity index (χ1) is 9.35. The van der Waals surface area contributed by atoms with E-state index in [0.717, 1.165) is 6.54 Å². The van der Waals surface area contributed by atoms with Gasteiger partial charge in [0.1, 0.15) is 5.82 Å². The molecule has 0 saturated carbocycles. The second-order valence-corrected chi connectivity index (χ2v) is 4.62. The van der Waals surface area contributed by atoms with E-state index in [4.69, 9.17) is 11.6 Å². The summed E-state index contributed by atoms with van der Waals surface area (Å²) in [6.07, 6.45) is 12.7. The SMILES string of the molecule is CCCCCCCCCCN.NNc1ccccn1. The fourth-order valence-corrected chi connectivity index (χ4v) is 1.73. The van der Waals surface area contributed by atoms with Crippen LogP contribution in [0.3, 0.4) is 0 Å². The molecule has 0 bridgehead atoms.